The van der Waals surface area contributed by atoms with Crippen LogP contribution in [-0.2, 0) is 0 Å². The van der Waals surface area contributed by atoms with Crippen LogP contribution in [0.2, 0.25) is 0 Å². The topological polar surface area (TPSA) is 38.0 Å². The largest absolute Gasteiger partial charge is 0.271 e. The molecule has 0 aliphatic heterocycles. The minimum Gasteiger partial charge on any atom is -0.271 e. The molecule has 0 radical (unpaired) electrons. The summed E-state index contributed by atoms with van der Waals surface area (Å²) in [6, 6.07) is 0. The van der Waals surface area contributed by atoms with Crippen molar-refractivity contribution in [1.82, 2.24) is 5.43 Å². The Kier molecular flexibility index (Phi) is 20.9. The average molecular weight is 203 g/mol. The Morgan fingerprint density at radius 1 is 1.18 bits per heavy atom. The minimum atomic E-state index is 0. The first-order valence-corrected chi connectivity index (χ1v) is 3.78. The number of hydrogen-bond acceptors (Lipinski definition) is 2. The number of hydrazine groups is 1. The summed E-state index contributed by atoms with van der Waals surface area (Å²) in [7, 11) is 0. The maximum atomic E-state index is 5.14. The summed E-state index contributed by atoms with van der Waals surface area (Å²) < 4.78 is 0. The maximum absolute atomic E-state index is 5.14. The van der Waals surface area contributed by atoms with Gasteiger partial charge in [0.15, 0.2) is 0 Å². The van der Waals surface area contributed by atoms with Crippen LogP contribution >= 0.6 is 24.8 Å². The molecule has 0 aromatic carbocycles. The molecular formula is C7H20Cl2N2. The van der Waals surface area contributed by atoms with Gasteiger partial charge in [-0.1, -0.05) is 26.7 Å². The SMILES string of the molecule is CCC(CC)CCNN.Cl.Cl. The van der Waals surface area contributed by atoms with Crippen molar-refractivity contribution in [2.45, 2.75) is 33.1 Å². The zero-order valence-electron chi connectivity index (χ0n) is 7.30. The molecule has 0 saturated carbocycles. The fourth-order valence-corrected chi connectivity index (χ4v) is 0.984. The standard InChI is InChI=1S/C7H18N2.2ClH/c1-3-7(4-2)5-6-9-8;;/h7,9H,3-6,8H2,1-2H3;2*1H. The molecule has 0 unspecified atom stereocenters. The van der Waals surface area contributed by atoms with Gasteiger partial charge in [-0.3, -0.25) is 11.3 Å². The third kappa shape index (κ3) is 10.5. The van der Waals surface area contributed by atoms with Crippen LogP contribution < -0.4 is 11.3 Å². The van der Waals surface area contributed by atoms with Gasteiger partial charge in [-0.2, -0.15) is 0 Å². The predicted molar refractivity (Wildman–Crippen MR) is 55.4 cm³/mol. The summed E-state index contributed by atoms with van der Waals surface area (Å²) in [5, 5.41) is 0. The molecule has 4 heteroatoms. The van der Waals surface area contributed by atoms with Crippen LogP contribution in [-0.4, -0.2) is 6.54 Å². The van der Waals surface area contributed by atoms with Crippen LogP contribution in [0.25, 0.3) is 0 Å². The van der Waals surface area contributed by atoms with Gasteiger partial charge in [-0.15, -0.1) is 24.8 Å². The molecule has 0 saturated heterocycles. The molecule has 0 amide bonds. The van der Waals surface area contributed by atoms with Crippen molar-refractivity contribution >= 4 is 24.8 Å². The summed E-state index contributed by atoms with van der Waals surface area (Å²) in [6.07, 6.45) is 3.76. The Morgan fingerprint density at radius 3 is 1.91 bits per heavy atom. The smallest absolute Gasteiger partial charge is 0.01000 e. The van der Waals surface area contributed by atoms with E-state index in [1.165, 1.54) is 19.3 Å². The summed E-state index contributed by atoms with van der Waals surface area (Å²) in [5.41, 5.74) is 2.67. The zero-order chi connectivity index (χ0) is 7.11. The lowest BCUT2D eigenvalue weighted by atomic mass is 10.00. The van der Waals surface area contributed by atoms with Crippen LogP contribution in [0, 0.1) is 5.92 Å². The quantitative estimate of drug-likeness (QED) is 0.530. The number of nitrogens with two attached hydrogens (primary N) is 1. The van der Waals surface area contributed by atoms with E-state index in [9.17, 15) is 0 Å². The Bertz CT molecular complexity index is 58.4. The van der Waals surface area contributed by atoms with E-state index in [1.54, 1.807) is 0 Å². The monoisotopic (exact) mass is 202 g/mol. The highest BCUT2D eigenvalue weighted by atomic mass is 35.5. The van der Waals surface area contributed by atoms with E-state index in [2.05, 4.69) is 19.3 Å². The second-order valence-electron chi connectivity index (χ2n) is 2.43. The second kappa shape index (κ2) is 13.1. The molecule has 0 bridgehead atoms. The van der Waals surface area contributed by atoms with Crippen LogP contribution in [0.1, 0.15) is 33.1 Å². The molecule has 0 aromatic heterocycles. The second-order valence-corrected chi connectivity index (χ2v) is 2.43. The number of hydrogen-bond donors (Lipinski definition) is 2. The Morgan fingerprint density at radius 2 is 1.64 bits per heavy atom. The van der Waals surface area contributed by atoms with Gasteiger partial charge in [0.2, 0.25) is 0 Å². The maximum Gasteiger partial charge on any atom is 0.01000 e. The summed E-state index contributed by atoms with van der Waals surface area (Å²) >= 11 is 0. The molecule has 3 N–H and O–H groups in total. The molecule has 0 fully saturated rings. The molecule has 0 spiro atoms. The Labute approximate surface area is 82.1 Å². The Hall–Kier alpha value is 0.500. The van der Waals surface area contributed by atoms with Gasteiger partial charge < -0.3 is 0 Å². The summed E-state index contributed by atoms with van der Waals surface area (Å²) in [4.78, 5) is 0. The van der Waals surface area contributed by atoms with Gasteiger partial charge >= 0.3 is 0 Å². The molecule has 0 atom stereocenters. The van der Waals surface area contributed by atoms with Crippen LogP contribution in [0.15, 0.2) is 0 Å². The molecule has 72 valence electrons. The van der Waals surface area contributed by atoms with Gasteiger partial charge in [0.25, 0.3) is 0 Å². The molecule has 0 aliphatic carbocycles. The molecule has 2 nitrogen and oxygen atoms in total. The highest BCUT2D eigenvalue weighted by Gasteiger charge is 2.00. The van der Waals surface area contributed by atoms with E-state index in [4.69, 9.17) is 5.84 Å². The first-order chi connectivity index (χ1) is 4.35. The van der Waals surface area contributed by atoms with Crippen LogP contribution in [0.3, 0.4) is 0 Å². The number of halogens is 2. The third-order valence-corrected chi connectivity index (χ3v) is 1.85. The molecule has 11 heavy (non-hydrogen) atoms. The van der Waals surface area contributed by atoms with Crippen molar-refractivity contribution in [1.29, 1.82) is 0 Å². The van der Waals surface area contributed by atoms with E-state index in [-0.39, 0.29) is 24.8 Å². The number of nitrogens with one attached hydrogen (secondary N) is 1. The summed E-state index contributed by atoms with van der Waals surface area (Å²) in [5.74, 6) is 6.00. The van der Waals surface area contributed by atoms with Crippen molar-refractivity contribution in [3.63, 3.8) is 0 Å². The highest BCUT2D eigenvalue weighted by molar-refractivity contribution is 5.85. The van der Waals surface area contributed by atoms with E-state index in [0.717, 1.165) is 12.5 Å². The molecule has 0 aliphatic rings. The van der Waals surface area contributed by atoms with E-state index in [0.29, 0.717) is 0 Å². The van der Waals surface area contributed by atoms with Gasteiger partial charge in [-0.05, 0) is 12.3 Å². The molecule has 0 rings (SSSR count). The molecule has 0 aromatic rings. The third-order valence-electron chi connectivity index (χ3n) is 1.85. The van der Waals surface area contributed by atoms with Crippen molar-refractivity contribution in [3.8, 4) is 0 Å². The number of rotatable bonds is 5. The van der Waals surface area contributed by atoms with E-state index < -0.39 is 0 Å². The Balaban J connectivity index is -0.000000320. The average Bonchev–Trinajstić information content (AvgIpc) is 1.91. The van der Waals surface area contributed by atoms with Crippen molar-refractivity contribution < 1.29 is 0 Å². The minimum absolute atomic E-state index is 0. The lowest BCUT2D eigenvalue weighted by Crippen LogP contribution is -2.24. The fraction of sp³-hybridized carbons (Fsp3) is 1.00. The fourth-order valence-electron chi connectivity index (χ4n) is 0.984. The van der Waals surface area contributed by atoms with E-state index >= 15 is 0 Å². The first kappa shape index (κ1) is 17.5. The van der Waals surface area contributed by atoms with Crippen molar-refractivity contribution in [2.75, 3.05) is 6.54 Å². The first-order valence-electron chi connectivity index (χ1n) is 3.78. The van der Waals surface area contributed by atoms with Crippen molar-refractivity contribution in [3.05, 3.63) is 0 Å². The van der Waals surface area contributed by atoms with Gasteiger partial charge in [0.05, 0.1) is 0 Å². The summed E-state index contributed by atoms with van der Waals surface area (Å²) in [6.45, 7) is 5.40. The van der Waals surface area contributed by atoms with Crippen molar-refractivity contribution in [2.24, 2.45) is 11.8 Å². The molecule has 0 heterocycles. The van der Waals surface area contributed by atoms with Gasteiger partial charge in [-0.25, -0.2) is 0 Å². The lowest BCUT2D eigenvalue weighted by Gasteiger charge is -2.09. The predicted octanol–water partition coefficient (Wildman–Crippen LogP) is 2.12. The van der Waals surface area contributed by atoms with Gasteiger partial charge in [0, 0.05) is 6.54 Å². The normalized spacial score (nSPS) is 8.73. The van der Waals surface area contributed by atoms with Crippen LogP contribution in [0.5, 0.6) is 0 Å². The zero-order valence-corrected chi connectivity index (χ0v) is 8.93. The highest BCUT2D eigenvalue weighted by Crippen LogP contribution is 2.10. The lowest BCUT2D eigenvalue weighted by molar-refractivity contribution is 0.442. The van der Waals surface area contributed by atoms with E-state index in [1.807, 2.05) is 0 Å². The van der Waals surface area contributed by atoms with Gasteiger partial charge in [0.1, 0.15) is 0 Å². The van der Waals surface area contributed by atoms with Crippen LogP contribution in [0.4, 0.5) is 0 Å². The molecular weight excluding hydrogens is 183 g/mol.